The molecule has 2 aromatic rings. The zero-order valence-electron chi connectivity index (χ0n) is 11.1. The van der Waals surface area contributed by atoms with Gasteiger partial charge in [-0.3, -0.25) is 15.1 Å². The van der Waals surface area contributed by atoms with E-state index in [1.165, 1.54) is 18.2 Å². The largest absolute Gasteiger partial charge is 0.392 e. The lowest BCUT2D eigenvalue weighted by Gasteiger charge is -2.13. The minimum Gasteiger partial charge on any atom is -0.392 e. The van der Waals surface area contributed by atoms with E-state index in [1.807, 2.05) is 0 Å². The van der Waals surface area contributed by atoms with E-state index in [1.54, 1.807) is 24.5 Å². The molecule has 0 saturated heterocycles. The lowest BCUT2D eigenvalue weighted by Crippen LogP contribution is -2.13. The van der Waals surface area contributed by atoms with E-state index in [4.69, 9.17) is 5.11 Å². The molecule has 3 N–H and O–H groups in total. The first kappa shape index (κ1) is 14.9. The van der Waals surface area contributed by atoms with E-state index in [0.29, 0.717) is 11.1 Å². The van der Waals surface area contributed by atoms with Crippen molar-refractivity contribution in [1.29, 1.82) is 0 Å². The van der Waals surface area contributed by atoms with E-state index in [9.17, 15) is 15.2 Å². The molecule has 7 heteroatoms. The molecule has 0 aliphatic carbocycles. The molecule has 21 heavy (non-hydrogen) atoms. The number of rotatable bonds is 6. The topological polar surface area (TPSA) is 109 Å². The van der Waals surface area contributed by atoms with E-state index in [2.05, 4.69) is 10.3 Å². The van der Waals surface area contributed by atoms with Crippen molar-refractivity contribution in [1.82, 2.24) is 4.98 Å². The summed E-state index contributed by atoms with van der Waals surface area (Å²) < 4.78 is 0. The molecule has 0 fully saturated rings. The number of hydrogen-bond acceptors (Lipinski definition) is 6. The standard InChI is InChI=1S/C14H15N3O4/c18-9-10-1-2-13(17(20)21)12(7-10)16-8-14(19)11-3-5-15-6-4-11/h1-7,14,16,18-19H,8-9H2. The fourth-order valence-corrected chi connectivity index (χ4v) is 1.89. The first-order valence-electron chi connectivity index (χ1n) is 6.32. The van der Waals surface area contributed by atoms with Crippen LogP contribution >= 0.6 is 0 Å². The number of aliphatic hydroxyl groups is 2. The number of benzene rings is 1. The van der Waals surface area contributed by atoms with Crippen LogP contribution in [0, 0.1) is 10.1 Å². The summed E-state index contributed by atoms with van der Waals surface area (Å²) in [5, 5.41) is 32.9. The first-order chi connectivity index (χ1) is 10.1. The molecule has 0 spiro atoms. The van der Waals surface area contributed by atoms with Crippen LogP contribution in [0.15, 0.2) is 42.7 Å². The monoisotopic (exact) mass is 289 g/mol. The highest BCUT2D eigenvalue weighted by atomic mass is 16.6. The maximum Gasteiger partial charge on any atom is 0.292 e. The third kappa shape index (κ3) is 3.74. The highest BCUT2D eigenvalue weighted by Gasteiger charge is 2.15. The van der Waals surface area contributed by atoms with Crippen LogP contribution in [0.5, 0.6) is 0 Å². The van der Waals surface area contributed by atoms with Crippen LogP contribution in [-0.4, -0.2) is 26.7 Å². The van der Waals surface area contributed by atoms with E-state index in [-0.39, 0.29) is 24.5 Å². The smallest absolute Gasteiger partial charge is 0.292 e. The highest BCUT2D eigenvalue weighted by molar-refractivity contribution is 5.62. The van der Waals surface area contributed by atoms with Crippen LogP contribution < -0.4 is 5.32 Å². The van der Waals surface area contributed by atoms with Crippen molar-refractivity contribution in [2.75, 3.05) is 11.9 Å². The van der Waals surface area contributed by atoms with Gasteiger partial charge in [-0.05, 0) is 35.4 Å². The van der Waals surface area contributed by atoms with Crippen LogP contribution in [0.25, 0.3) is 0 Å². The number of nitro benzene ring substituents is 1. The number of nitrogens with zero attached hydrogens (tertiary/aromatic N) is 2. The maximum atomic E-state index is 11.0. The first-order valence-corrected chi connectivity index (χ1v) is 6.32. The molecule has 7 nitrogen and oxygen atoms in total. The molecule has 0 aliphatic rings. The van der Waals surface area contributed by atoms with E-state index in [0.717, 1.165) is 0 Å². The Bertz CT molecular complexity index is 619. The van der Waals surface area contributed by atoms with Gasteiger partial charge in [0.25, 0.3) is 5.69 Å². The Labute approximate surface area is 121 Å². The molecule has 1 heterocycles. The molecule has 1 unspecified atom stereocenters. The Hall–Kier alpha value is -2.51. The molecule has 1 aromatic heterocycles. The average molecular weight is 289 g/mol. The maximum absolute atomic E-state index is 11.0. The Morgan fingerprint density at radius 3 is 2.62 bits per heavy atom. The van der Waals surface area contributed by atoms with Crippen LogP contribution in [-0.2, 0) is 6.61 Å². The minimum absolute atomic E-state index is 0.103. The van der Waals surface area contributed by atoms with Crippen molar-refractivity contribution < 1.29 is 15.1 Å². The lowest BCUT2D eigenvalue weighted by atomic mass is 10.1. The summed E-state index contributed by atoms with van der Waals surface area (Å²) in [4.78, 5) is 14.3. The molecule has 0 bridgehead atoms. The predicted octanol–water partition coefficient (Wildman–Crippen LogP) is 1.63. The number of nitro groups is 1. The van der Waals surface area contributed by atoms with Gasteiger partial charge in [0.05, 0.1) is 17.6 Å². The van der Waals surface area contributed by atoms with Gasteiger partial charge in [0, 0.05) is 25.0 Å². The van der Waals surface area contributed by atoms with Crippen molar-refractivity contribution in [3.05, 3.63) is 64.0 Å². The van der Waals surface area contributed by atoms with Gasteiger partial charge in [0.2, 0.25) is 0 Å². The molecule has 2 rings (SSSR count). The van der Waals surface area contributed by atoms with Gasteiger partial charge < -0.3 is 15.5 Å². The van der Waals surface area contributed by atoms with Gasteiger partial charge in [-0.1, -0.05) is 0 Å². The lowest BCUT2D eigenvalue weighted by molar-refractivity contribution is -0.384. The third-order valence-electron chi connectivity index (χ3n) is 3.02. The fraction of sp³-hybridized carbons (Fsp3) is 0.214. The molecule has 1 atom stereocenters. The van der Waals surface area contributed by atoms with Crippen LogP contribution in [0.1, 0.15) is 17.2 Å². The van der Waals surface area contributed by atoms with Crippen LogP contribution in [0.4, 0.5) is 11.4 Å². The van der Waals surface area contributed by atoms with Gasteiger partial charge in [-0.2, -0.15) is 0 Å². The van der Waals surface area contributed by atoms with Gasteiger partial charge >= 0.3 is 0 Å². The van der Waals surface area contributed by atoms with Gasteiger partial charge in [-0.25, -0.2) is 0 Å². The Balaban J connectivity index is 2.13. The molecule has 110 valence electrons. The van der Waals surface area contributed by atoms with E-state index < -0.39 is 11.0 Å². The van der Waals surface area contributed by atoms with Gasteiger partial charge in [0.15, 0.2) is 0 Å². The molecule has 0 saturated carbocycles. The summed E-state index contributed by atoms with van der Waals surface area (Å²) in [5.74, 6) is 0. The number of pyridine rings is 1. The zero-order chi connectivity index (χ0) is 15.2. The number of aromatic nitrogens is 1. The minimum atomic E-state index is -0.814. The number of nitrogens with one attached hydrogen (secondary N) is 1. The summed E-state index contributed by atoms with van der Waals surface area (Å²) in [6.07, 6.45) is 2.31. The van der Waals surface area contributed by atoms with Crippen molar-refractivity contribution in [2.24, 2.45) is 0 Å². The zero-order valence-corrected chi connectivity index (χ0v) is 11.1. The average Bonchev–Trinajstić information content (AvgIpc) is 2.52. The SMILES string of the molecule is O=[N+]([O-])c1ccc(CO)cc1NCC(O)c1ccncc1. The quantitative estimate of drug-likeness (QED) is 0.551. The fourth-order valence-electron chi connectivity index (χ4n) is 1.89. The van der Waals surface area contributed by atoms with Crippen LogP contribution in [0.3, 0.4) is 0 Å². The van der Waals surface area contributed by atoms with Crippen molar-refractivity contribution >= 4 is 11.4 Å². The Morgan fingerprint density at radius 2 is 2.00 bits per heavy atom. The molecule has 1 aromatic carbocycles. The second kappa shape index (κ2) is 6.78. The second-order valence-corrected chi connectivity index (χ2v) is 4.44. The Kier molecular flexibility index (Phi) is 4.81. The molecule has 0 aliphatic heterocycles. The van der Waals surface area contributed by atoms with E-state index >= 15 is 0 Å². The summed E-state index contributed by atoms with van der Waals surface area (Å²) >= 11 is 0. The summed E-state index contributed by atoms with van der Waals surface area (Å²) in [6.45, 7) is -0.0979. The Morgan fingerprint density at radius 1 is 1.29 bits per heavy atom. The number of anilines is 1. The van der Waals surface area contributed by atoms with Gasteiger partial charge in [-0.15, -0.1) is 0 Å². The van der Waals surface area contributed by atoms with Crippen molar-refractivity contribution in [3.63, 3.8) is 0 Å². The van der Waals surface area contributed by atoms with Crippen molar-refractivity contribution in [3.8, 4) is 0 Å². The molecular weight excluding hydrogens is 274 g/mol. The molecule has 0 radical (unpaired) electrons. The normalized spacial score (nSPS) is 11.9. The third-order valence-corrected chi connectivity index (χ3v) is 3.02. The predicted molar refractivity (Wildman–Crippen MR) is 76.7 cm³/mol. The number of hydrogen-bond donors (Lipinski definition) is 3. The number of aliphatic hydroxyl groups excluding tert-OH is 2. The molecule has 0 amide bonds. The highest BCUT2D eigenvalue weighted by Crippen LogP contribution is 2.26. The second-order valence-electron chi connectivity index (χ2n) is 4.44. The molecular formula is C14H15N3O4. The van der Waals surface area contributed by atoms with Crippen LogP contribution in [0.2, 0.25) is 0 Å². The van der Waals surface area contributed by atoms with Crippen molar-refractivity contribution in [2.45, 2.75) is 12.7 Å². The van der Waals surface area contributed by atoms with Gasteiger partial charge in [0.1, 0.15) is 5.69 Å². The summed E-state index contributed by atoms with van der Waals surface area (Å²) in [6, 6.07) is 7.66. The summed E-state index contributed by atoms with van der Waals surface area (Å²) in [5.41, 5.74) is 1.38. The summed E-state index contributed by atoms with van der Waals surface area (Å²) in [7, 11) is 0.